The smallest absolute Gasteiger partial charge is 0.257 e. The van der Waals surface area contributed by atoms with Crippen molar-refractivity contribution in [2.75, 3.05) is 0 Å². The molecule has 2 aromatic rings. The minimum Gasteiger partial charge on any atom is -0.456 e. The Kier molecular flexibility index (Phi) is 3.17. The molecule has 0 aliphatic heterocycles. The number of pyridine rings is 1. The van der Waals surface area contributed by atoms with Crippen LogP contribution in [-0.2, 0) is 0 Å². The van der Waals surface area contributed by atoms with E-state index >= 15 is 0 Å². The summed E-state index contributed by atoms with van der Waals surface area (Å²) in [6, 6.07) is 10.8. The SMILES string of the molecule is O=C(Cl)c1cnccc1Oc1ccccc1. The van der Waals surface area contributed by atoms with E-state index in [9.17, 15) is 4.79 Å². The molecule has 0 bridgehead atoms. The van der Waals surface area contributed by atoms with Gasteiger partial charge in [-0.05, 0) is 29.8 Å². The Morgan fingerprint density at radius 2 is 1.94 bits per heavy atom. The summed E-state index contributed by atoms with van der Waals surface area (Å²) in [5.41, 5.74) is 0.257. The van der Waals surface area contributed by atoms with Crippen molar-refractivity contribution in [1.29, 1.82) is 0 Å². The minimum atomic E-state index is -0.584. The van der Waals surface area contributed by atoms with Gasteiger partial charge in [-0.1, -0.05) is 18.2 Å². The summed E-state index contributed by atoms with van der Waals surface area (Å²) in [5, 5.41) is -0.584. The van der Waals surface area contributed by atoms with Gasteiger partial charge in [0.2, 0.25) is 0 Å². The fourth-order valence-electron chi connectivity index (χ4n) is 1.23. The van der Waals surface area contributed by atoms with Crippen LogP contribution in [0.25, 0.3) is 0 Å². The molecule has 0 saturated carbocycles. The Labute approximate surface area is 97.7 Å². The van der Waals surface area contributed by atoms with Gasteiger partial charge in [0.25, 0.3) is 5.24 Å². The first kappa shape index (κ1) is 10.6. The summed E-state index contributed by atoms with van der Waals surface area (Å²) < 4.78 is 5.53. The molecule has 3 nitrogen and oxygen atoms in total. The van der Waals surface area contributed by atoms with Crippen LogP contribution in [0.3, 0.4) is 0 Å². The second kappa shape index (κ2) is 4.77. The lowest BCUT2D eigenvalue weighted by Crippen LogP contribution is -1.95. The zero-order valence-corrected chi connectivity index (χ0v) is 9.02. The minimum absolute atomic E-state index is 0.257. The molecular weight excluding hydrogens is 226 g/mol. The average Bonchev–Trinajstić information content (AvgIpc) is 2.31. The number of aromatic nitrogens is 1. The van der Waals surface area contributed by atoms with Crippen molar-refractivity contribution in [2.24, 2.45) is 0 Å². The normalized spacial score (nSPS) is 9.81. The van der Waals surface area contributed by atoms with Crippen LogP contribution < -0.4 is 4.74 Å². The summed E-state index contributed by atoms with van der Waals surface area (Å²) in [5.74, 6) is 1.05. The highest BCUT2D eigenvalue weighted by Crippen LogP contribution is 2.25. The van der Waals surface area contributed by atoms with Gasteiger partial charge in [0, 0.05) is 12.4 Å². The number of benzene rings is 1. The van der Waals surface area contributed by atoms with E-state index in [1.54, 1.807) is 24.4 Å². The molecule has 0 N–H and O–H groups in total. The van der Waals surface area contributed by atoms with E-state index in [1.807, 2.05) is 18.2 Å². The second-order valence-electron chi connectivity index (χ2n) is 3.06. The number of ether oxygens (including phenoxy) is 1. The van der Waals surface area contributed by atoms with Gasteiger partial charge in [-0.2, -0.15) is 0 Å². The quantitative estimate of drug-likeness (QED) is 0.764. The molecule has 0 radical (unpaired) electrons. The molecule has 1 heterocycles. The standard InChI is InChI=1S/C12H8ClNO2/c13-12(15)10-8-14-7-6-11(10)16-9-4-2-1-3-5-9/h1-8H. The number of nitrogens with zero attached hydrogens (tertiary/aromatic N) is 1. The molecule has 0 saturated heterocycles. The molecule has 4 heteroatoms. The zero-order chi connectivity index (χ0) is 11.4. The van der Waals surface area contributed by atoms with E-state index in [2.05, 4.69) is 4.98 Å². The van der Waals surface area contributed by atoms with Crippen LogP contribution in [0.1, 0.15) is 10.4 Å². The maximum absolute atomic E-state index is 11.1. The van der Waals surface area contributed by atoms with E-state index < -0.39 is 5.24 Å². The molecule has 0 spiro atoms. The zero-order valence-electron chi connectivity index (χ0n) is 8.26. The van der Waals surface area contributed by atoms with E-state index in [0.717, 1.165) is 0 Å². The highest BCUT2D eigenvalue weighted by atomic mass is 35.5. The largest absolute Gasteiger partial charge is 0.456 e. The van der Waals surface area contributed by atoms with E-state index in [0.29, 0.717) is 11.5 Å². The molecule has 0 aliphatic carbocycles. The van der Waals surface area contributed by atoms with Crippen LogP contribution in [0.2, 0.25) is 0 Å². The van der Waals surface area contributed by atoms with Gasteiger partial charge in [0.15, 0.2) is 0 Å². The Morgan fingerprint density at radius 1 is 1.19 bits per heavy atom. The van der Waals surface area contributed by atoms with E-state index in [1.165, 1.54) is 6.20 Å². The number of carbonyl (C=O) groups excluding carboxylic acids is 1. The Morgan fingerprint density at radius 3 is 2.62 bits per heavy atom. The van der Waals surface area contributed by atoms with Crippen LogP contribution in [0.4, 0.5) is 0 Å². The van der Waals surface area contributed by atoms with Crippen molar-refractivity contribution >= 4 is 16.8 Å². The molecule has 0 unspecified atom stereocenters. The average molecular weight is 234 g/mol. The molecule has 0 amide bonds. The Bertz CT molecular complexity index is 499. The fourth-order valence-corrected chi connectivity index (χ4v) is 1.38. The monoisotopic (exact) mass is 233 g/mol. The van der Waals surface area contributed by atoms with Crippen LogP contribution in [-0.4, -0.2) is 10.2 Å². The third kappa shape index (κ3) is 2.38. The number of hydrogen-bond acceptors (Lipinski definition) is 3. The number of carbonyl (C=O) groups is 1. The molecule has 0 atom stereocenters. The highest BCUT2D eigenvalue weighted by Gasteiger charge is 2.10. The fraction of sp³-hybridized carbons (Fsp3) is 0. The summed E-state index contributed by atoms with van der Waals surface area (Å²) in [4.78, 5) is 14.9. The van der Waals surface area contributed by atoms with E-state index in [-0.39, 0.29) is 5.56 Å². The van der Waals surface area contributed by atoms with Crippen LogP contribution in [0, 0.1) is 0 Å². The molecule has 2 rings (SSSR count). The van der Waals surface area contributed by atoms with Crippen molar-refractivity contribution in [3.8, 4) is 11.5 Å². The topological polar surface area (TPSA) is 39.2 Å². The first-order chi connectivity index (χ1) is 7.77. The van der Waals surface area contributed by atoms with Crippen molar-refractivity contribution in [1.82, 2.24) is 4.98 Å². The molecule has 16 heavy (non-hydrogen) atoms. The maximum Gasteiger partial charge on any atom is 0.257 e. The third-order valence-corrected chi connectivity index (χ3v) is 2.17. The Balaban J connectivity index is 2.31. The Hall–Kier alpha value is -1.87. The van der Waals surface area contributed by atoms with Gasteiger partial charge in [0.1, 0.15) is 11.5 Å². The second-order valence-corrected chi connectivity index (χ2v) is 3.40. The van der Waals surface area contributed by atoms with Gasteiger partial charge in [-0.25, -0.2) is 0 Å². The van der Waals surface area contributed by atoms with Crippen molar-refractivity contribution < 1.29 is 9.53 Å². The van der Waals surface area contributed by atoms with Gasteiger partial charge in [-0.3, -0.25) is 9.78 Å². The molecule has 1 aromatic heterocycles. The lowest BCUT2D eigenvalue weighted by molar-refractivity contribution is 0.107. The number of halogens is 1. The molecule has 0 fully saturated rings. The third-order valence-electron chi connectivity index (χ3n) is 1.96. The predicted octanol–water partition coefficient (Wildman–Crippen LogP) is 3.25. The maximum atomic E-state index is 11.1. The molecule has 0 aliphatic rings. The number of para-hydroxylation sites is 1. The molecule has 1 aromatic carbocycles. The van der Waals surface area contributed by atoms with Crippen LogP contribution in [0.5, 0.6) is 11.5 Å². The summed E-state index contributed by atoms with van der Waals surface area (Å²) in [7, 11) is 0. The van der Waals surface area contributed by atoms with Crippen LogP contribution in [0.15, 0.2) is 48.8 Å². The number of hydrogen-bond donors (Lipinski definition) is 0. The van der Waals surface area contributed by atoms with Crippen molar-refractivity contribution in [3.63, 3.8) is 0 Å². The summed E-state index contributed by atoms with van der Waals surface area (Å²) in [6.07, 6.45) is 2.93. The molecular formula is C12H8ClNO2. The summed E-state index contributed by atoms with van der Waals surface area (Å²) in [6.45, 7) is 0. The molecule has 80 valence electrons. The van der Waals surface area contributed by atoms with Gasteiger partial charge in [-0.15, -0.1) is 0 Å². The lowest BCUT2D eigenvalue weighted by Gasteiger charge is -2.07. The van der Waals surface area contributed by atoms with Gasteiger partial charge < -0.3 is 4.74 Å². The highest BCUT2D eigenvalue weighted by molar-refractivity contribution is 6.68. The van der Waals surface area contributed by atoms with Crippen LogP contribution >= 0.6 is 11.6 Å². The van der Waals surface area contributed by atoms with Gasteiger partial charge in [0.05, 0.1) is 5.56 Å². The van der Waals surface area contributed by atoms with Crippen molar-refractivity contribution in [3.05, 3.63) is 54.4 Å². The lowest BCUT2D eigenvalue weighted by atomic mass is 10.3. The first-order valence-corrected chi connectivity index (χ1v) is 5.02. The van der Waals surface area contributed by atoms with Gasteiger partial charge >= 0.3 is 0 Å². The number of rotatable bonds is 3. The van der Waals surface area contributed by atoms with E-state index in [4.69, 9.17) is 16.3 Å². The predicted molar refractivity (Wildman–Crippen MR) is 60.9 cm³/mol. The van der Waals surface area contributed by atoms with Crippen molar-refractivity contribution in [2.45, 2.75) is 0 Å². The summed E-state index contributed by atoms with van der Waals surface area (Å²) >= 11 is 5.42. The first-order valence-electron chi connectivity index (χ1n) is 4.64.